The molecular formula is C15H17BrN2O. The van der Waals surface area contributed by atoms with Crippen molar-refractivity contribution < 1.29 is 4.74 Å². The second-order valence-electron chi connectivity index (χ2n) is 4.84. The zero-order chi connectivity index (χ0) is 13.4. The molecule has 4 heteroatoms. The minimum atomic E-state index is 0.878. The monoisotopic (exact) mass is 320 g/mol. The molecule has 0 bridgehead atoms. The molecule has 0 saturated heterocycles. The Balaban J connectivity index is 2.42. The Morgan fingerprint density at radius 2 is 2.05 bits per heavy atom. The van der Waals surface area contributed by atoms with Crippen LogP contribution < -0.4 is 10.1 Å². The number of benzene rings is 1. The van der Waals surface area contributed by atoms with Crippen LogP contribution in [-0.4, -0.2) is 19.1 Å². The second-order valence-corrected chi connectivity index (χ2v) is 5.70. The Morgan fingerprint density at radius 1 is 1.26 bits per heavy atom. The van der Waals surface area contributed by atoms with Gasteiger partial charge in [0.25, 0.3) is 0 Å². The number of hydrogen-bond acceptors (Lipinski definition) is 3. The van der Waals surface area contributed by atoms with Crippen LogP contribution in [0.5, 0.6) is 5.75 Å². The average molecular weight is 321 g/mol. The first kappa shape index (κ1) is 12.7. The van der Waals surface area contributed by atoms with Gasteiger partial charge in [0.2, 0.25) is 0 Å². The number of pyridine rings is 1. The van der Waals surface area contributed by atoms with Crippen molar-refractivity contribution in [3.05, 3.63) is 27.9 Å². The molecule has 1 aromatic heterocycles. The van der Waals surface area contributed by atoms with Crippen LogP contribution in [0.25, 0.3) is 10.9 Å². The second kappa shape index (κ2) is 5.00. The number of aromatic nitrogens is 1. The van der Waals surface area contributed by atoms with Crippen LogP contribution in [0.3, 0.4) is 0 Å². The molecule has 3 nitrogen and oxygen atoms in total. The van der Waals surface area contributed by atoms with Gasteiger partial charge in [-0.2, -0.15) is 0 Å². The van der Waals surface area contributed by atoms with Gasteiger partial charge in [0.05, 0.1) is 23.7 Å². The van der Waals surface area contributed by atoms with Crippen molar-refractivity contribution in [3.63, 3.8) is 0 Å². The third-order valence-corrected chi connectivity index (χ3v) is 4.44. The van der Waals surface area contributed by atoms with E-state index in [2.05, 4.69) is 21.2 Å². The number of aryl methyl sites for hydroxylation is 1. The van der Waals surface area contributed by atoms with Gasteiger partial charge >= 0.3 is 0 Å². The van der Waals surface area contributed by atoms with Crippen LogP contribution in [0.15, 0.2) is 16.6 Å². The highest BCUT2D eigenvalue weighted by Gasteiger charge is 2.20. The molecule has 100 valence electrons. The van der Waals surface area contributed by atoms with Crippen molar-refractivity contribution in [2.75, 3.05) is 19.5 Å². The van der Waals surface area contributed by atoms with Crippen LogP contribution in [0.4, 0.5) is 5.69 Å². The molecule has 1 heterocycles. The molecule has 0 unspecified atom stereocenters. The van der Waals surface area contributed by atoms with Crippen molar-refractivity contribution in [2.24, 2.45) is 0 Å². The third kappa shape index (κ3) is 1.98. The normalized spacial score (nSPS) is 14.3. The van der Waals surface area contributed by atoms with E-state index in [1.807, 2.05) is 19.2 Å². The van der Waals surface area contributed by atoms with Crippen molar-refractivity contribution in [1.29, 1.82) is 0 Å². The van der Waals surface area contributed by atoms with Gasteiger partial charge < -0.3 is 10.1 Å². The van der Waals surface area contributed by atoms with E-state index in [1.54, 1.807) is 7.11 Å². The summed E-state index contributed by atoms with van der Waals surface area (Å²) < 4.78 is 6.54. The van der Waals surface area contributed by atoms with E-state index in [4.69, 9.17) is 9.72 Å². The number of nitrogens with zero attached hydrogens (tertiary/aromatic N) is 1. The Hall–Kier alpha value is -1.29. The molecule has 0 fully saturated rings. The highest BCUT2D eigenvalue weighted by Crippen LogP contribution is 2.40. The highest BCUT2D eigenvalue weighted by molar-refractivity contribution is 9.10. The first-order valence-electron chi connectivity index (χ1n) is 6.62. The molecule has 0 aliphatic heterocycles. The third-order valence-electron chi connectivity index (χ3n) is 3.80. The lowest BCUT2D eigenvalue weighted by molar-refractivity contribution is 0.419. The van der Waals surface area contributed by atoms with Crippen molar-refractivity contribution in [2.45, 2.75) is 25.7 Å². The molecule has 1 aliphatic carbocycles. The number of nitrogens with one attached hydrogen (secondary N) is 1. The summed E-state index contributed by atoms with van der Waals surface area (Å²) in [4.78, 5) is 4.87. The Bertz CT molecular complexity index is 640. The highest BCUT2D eigenvalue weighted by atomic mass is 79.9. The molecular weight excluding hydrogens is 304 g/mol. The topological polar surface area (TPSA) is 34.2 Å². The summed E-state index contributed by atoms with van der Waals surface area (Å²) in [5.74, 6) is 0.878. The van der Waals surface area contributed by atoms with Crippen LogP contribution >= 0.6 is 15.9 Å². The van der Waals surface area contributed by atoms with Gasteiger partial charge in [-0.05, 0) is 59.3 Å². The largest absolute Gasteiger partial charge is 0.496 e. The minimum Gasteiger partial charge on any atom is -0.496 e. The molecule has 1 aliphatic rings. The maximum atomic E-state index is 5.52. The van der Waals surface area contributed by atoms with Crippen LogP contribution in [0.2, 0.25) is 0 Å². The fraction of sp³-hybridized carbons (Fsp3) is 0.400. The summed E-state index contributed by atoms with van der Waals surface area (Å²) in [6.45, 7) is 0. The Kier molecular flexibility index (Phi) is 3.35. The van der Waals surface area contributed by atoms with Crippen molar-refractivity contribution in [1.82, 2.24) is 4.98 Å². The summed E-state index contributed by atoms with van der Waals surface area (Å²) in [5.41, 5.74) is 4.76. The van der Waals surface area contributed by atoms with Crippen LogP contribution in [-0.2, 0) is 12.8 Å². The molecule has 3 rings (SSSR count). The molecule has 1 N–H and O–H groups in total. The summed E-state index contributed by atoms with van der Waals surface area (Å²) in [6, 6.07) is 3.99. The predicted molar refractivity (Wildman–Crippen MR) is 82.2 cm³/mol. The molecule has 1 aromatic carbocycles. The van der Waals surface area contributed by atoms with Gasteiger partial charge in [0.15, 0.2) is 0 Å². The first-order valence-corrected chi connectivity index (χ1v) is 7.41. The fourth-order valence-electron chi connectivity index (χ4n) is 2.91. The molecule has 0 radical (unpaired) electrons. The molecule has 0 amide bonds. The number of ether oxygens (including phenoxy) is 1. The van der Waals surface area contributed by atoms with Gasteiger partial charge in [-0.15, -0.1) is 0 Å². The molecule has 0 atom stereocenters. The smallest absolute Gasteiger partial charge is 0.130 e. The van der Waals surface area contributed by atoms with Gasteiger partial charge in [0.1, 0.15) is 5.75 Å². The number of methoxy groups -OCH3 is 1. The molecule has 0 saturated carbocycles. The van der Waals surface area contributed by atoms with E-state index < -0.39 is 0 Å². The SMILES string of the molecule is CNc1c2c(nc3c(Br)ccc(OC)c13)CCCC2. The molecule has 0 spiro atoms. The predicted octanol–water partition coefficient (Wildman–Crippen LogP) is 3.93. The average Bonchev–Trinajstić information content (AvgIpc) is 2.46. The summed E-state index contributed by atoms with van der Waals surface area (Å²) >= 11 is 3.61. The maximum Gasteiger partial charge on any atom is 0.130 e. The van der Waals surface area contributed by atoms with E-state index >= 15 is 0 Å². The number of halogens is 1. The number of fused-ring (bicyclic) bond motifs is 2. The number of rotatable bonds is 2. The Morgan fingerprint density at radius 3 is 2.79 bits per heavy atom. The van der Waals surface area contributed by atoms with Crippen molar-refractivity contribution >= 4 is 32.5 Å². The number of anilines is 1. The van der Waals surface area contributed by atoms with Crippen LogP contribution in [0.1, 0.15) is 24.1 Å². The fourth-order valence-corrected chi connectivity index (χ4v) is 3.33. The quantitative estimate of drug-likeness (QED) is 0.910. The van der Waals surface area contributed by atoms with E-state index in [9.17, 15) is 0 Å². The minimum absolute atomic E-state index is 0.878. The molecule has 2 aromatic rings. The van der Waals surface area contributed by atoms with Crippen molar-refractivity contribution in [3.8, 4) is 5.75 Å². The first-order chi connectivity index (χ1) is 9.26. The van der Waals surface area contributed by atoms with E-state index in [1.165, 1.54) is 29.8 Å². The zero-order valence-corrected chi connectivity index (χ0v) is 12.8. The Labute approximate surface area is 121 Å². The summed E-state index contributed by atoms with van der Waals surface area (Å²) in [6.07, 6.45) is 4.65. The van der Waals surface area contributed by atoms with Gasteiger partial charge in [-0.1, -0.05) is 0 Å². The van der Waals surface area contributed by atoms with E-state index in [0.29, 0.717) is 0 Å². The lowest BCUT2D eigenvalue weighted by Crippen LogP contribution is -2.10. The molecule has 19 heavy (non-hydrogen) atoms. The van der Waals surface area contributed by atoms with Gasteiger partial charge in [-0.25, -0.2) is 0 Å². The van der Waals surface area contributed by atoms with E-state index in [-0.39, 0.29) is 0 Å². The summed E-state index contributed by atoms with van der Waals surface area (Å²) in [5, 5.41) is 4.44. The maximum absolute atomic E-state index is 5.52. The summed E-state index contributed by atoms with van der Waals surface area (Å²) in [7, 11) is 3.69. The van der Waals surface area contributed by atoms with Gasteiger partial charge in [0, 0.05) is 17.2 Å². The standard InChI is InChI=1S/C15H17BrN2O/c1-17-14-9-5-3-4-6-11(9)18-15-10(16)7-8-12(19-2)13(14)15/h7-8H,3-6H2,1-2H3,(H,17,18). The lowest BCUT2D eigenvalue weighted by atomic mass is 9.92. The van der Waals surface area contributed by atoms with Gasteiger partial charge in [-0.3, -0.25) is 4.98 Å². The lowest BCUT2D eigenvalue weighted by Gasteiger charge is -2.22. The zero-order valence-electron chi connectivity index (χ0n) is 11.2. The van der Waals surface area contributed by atoms with Crippen LogP contribution in [0, 0.1) is 0 Å². The number of hydrogen-bond donors (Lipinski definition) is 1. The van der Waals surface area contributed by atoms with E-state index in [0.717, 1.165) is 34.0 Å².